The van der Waals surface area contributed by atoms with E-state index in [-0.39, 0.29) is 23.4 Å². The van der Waals surface area contributed by atoms with Crippen LogP contribution in [0.1, 0.15) is 45.0 Å². The zero-order valence-corrected chi connectivity index (χ0v) is 13.3. The summed E-state index contributed by atoms with van der Waals surface area (Å²) in [6.07, 6.45) is -1.01. The van der Waals surface area contributed by atoms with Crippen LogP contribution < -0.4 is 0 Å². The number of carbonyl (C=O) groups excluding carboxylic acids is 1. The Balaban J connectivity index is 2.08. The highest BCUT2D eigenvalue weighted by molar-refractivity contribution is 5.89. The minimum absolute atomic E-state index is 0.0173. The summed E-state index contributed by atoms with van der Waals surface area (Å²) < 4.78 is 17.3. The molecule has 0 spiro atoms. The van der Waals surface area contributed by atoms with Crippen LogP contribution in [0, 0.1) is 11.3 Å². The van der Waals surface area contributed by atoms with Gasteiger partial charge in [0.15, 0.2) is 6.29 Å². The van der Waals surface area contributed by atoms with Crippen LogP contribution in [0.4, 0.5) is 0 Å². The van der Waals surface area contributed by atoms with Gasteiger partial charge in [0.25, 0.3) is 0 Å². The van der Waals surface area contributed by atoms with Gasteiger partial charge in [-0.3, -0.25) is 0 Å². The Morgan fingerprint density at radius 1 is 1.10 bits per heavy atom. The molecule has 0 N–H and O–H groups in total. The van der Waals surface area contributed by atoms with Crippen molar-refractivity contribution >= 4 is 5.97 Å². The van der Waals surface area contributed by atoms with Gasteiger partial charge in [-0.1, -0.05) is 45.9 Å². The molecule has 0 saturated carbocycles. The Morgan fingerprint density at radius 3 is 2.29 bits per heavy atom. The van der Waals surface area contributed by atoms with Gasteiger partial charge in [0.2, 0.25) is 6.29 Å². The highest BCUT2D eigenvalue weighted by Gasteiger charge is 2.41. The molecule has 0 aromatic heterocycles. The van der Waals surface area contributed by atoms with Gasteiger partial charge in [0.05, 0.1) is 11.7 Å². The van der Waals surface area contributed by atoms with Crippen LogP contribution in [-0.4, -0.2) is 24.7 Å². The molecule has 21 heavy (non-hydrogen) atoms. The molecule has 4 atom stereocenters. The zero-order chi connectivity index (χ0) is 15.6. The predicted octanol–water partition coefficient (Wildman–Crippen LogP) is 3.61. The van der Waals surface area contributed by atoms with E-state index in [1.165, 1.54) is 0 Å². The molecule has 0 aliphatic carbocycles. The average Bonchev–Trinajstić information content (AvgIpc) is 2.43. The lowest BCUT2D eigenvalue weighted by Crippen LogP contribution is -2.50. The van der Waals surface area contributed by atoms with E-state index in [0.717, 1.165) is 0 Å². The van der Waals surface area contributed by atoms with Crippen LogP contribution in [0.25, 0.3) is 0 Å². The molecule has 4 heteroatoms. The van der Waals surface area contributed by atoms with Crippen LogP contribution in [0.2, 0.25) is 0 Å². The van der Waals surface area contributed by atoms with Crippen LogP contribution >= 0.6 is 0 Å². The van der Waals surface area contributed by atoms with Crippen LogP contribution in [0.15, 0.2) is 30.3 Å². The van der Waals surface area contributed by atoms with Crippen molar-refractivity contribution in [1.29, 1.82) is 0 Å². The van der Waals surface area contributed by atoms with Crippen molar-refractivity contribution in [2.24, 2.45) is 11.3 Å². The van der Waals surface area contributed by atoms with Crippen molar-refractivity contribution in [3.05, 3.63) is 35.9 Å². The van der Waals surface area contributed by atoms with E-state index < -0.39 is 12.6 Å². The standard InChI is InChI=1S/C17H24O4/c1-11-12(2)19-16(17(3,4)5)21-15(11)20-14(18)13-9-7-6-8-10-13/h6-12,15-16H,1-5H3/t11-,12-,15-,16-/m0/s1. The van der Waals surface area contributed by atoms with E-state index in [4.69, 9.17) is 14.2 Å². The molecule has 0 unspecified atom stereocenters. The number of hydrogen-bond donors (Lipinski definition) is 0. The van der Waals surface area contributed by atoms with Gasteiger partial charge in [-0.25, -0.2) is 4.79 Å². The Kier molecular flexibility index (Phi) is 4.69. The summed E-state index contributed by atoms with van der Waals surface area (Å²) in [5, 5.41) is 0. The second-order valence-electron chi connectivity index (χ2n) is 6.67. The fraction of sp³-hybridized carbons (Fsp3) is 0.588. The SMILES string of the molecule is C[C@@H]1[C@@H](OC(=O)c2ccccc2)O[C@@H](C(C)(C)C)O[C@H]1C. The number of carbonyl (C=O) groups is 1. The van der Waals surface area contributed by atoms with E-state index in [0.29, 0.717) is 5.56 Å². The van der Waals surface area contributed by atoms with E-state index in [9.17, 15) is 4.79 Å². The number of ether oxygens (including phenoxy) is 3. The summed E-state index contributed by atoms with van der Waals surface area (Å²) in [5.41, 5.74) is 0.353. The maximum atomic E-state index is 12.2. The van der Waals surface area contributed by atoms with Gasteiger partial charge < -0.3 is 14.2 Å². The molecular formula is C17H24O4. The van der Waals surface area contributed by atoms with Gasteiger partial charge in [-0.05, 0) is 19.1 Å². The van der Waals surface area contributed by atoms with Crippen LogP contribution in [0.5, 0.6) is 0 Å². The van der Waals surface area contributed by atoms with Crippen LogP contribution in [-0.2, 0) is 14.2 Å². The molecule has 4 nitrogen and oxygen atoms in total. The average molecular weight is 292 g/mol. The van der Waals surface area contributed by atoms with E-state index in [1.54, 1.807) is 12.1 Å². The Morgan fingerprint density at radius 2 is 1.71 bits per heavy atom. The highest BCUT2D eigenvalue weighted by atomic mass is 16.8. The van der Waals surface area contributed by atoms with E-state index in [1.807, 2.05) is 52.8 Å². The quantitative estimate of drug-likeness (QED) is 0.781. The predicted molar refractivity (Wildman–Crippen MR) is 79.7 cm³/mol. The molecule has 0 radical (unpaired) electrons. The fourth-order valence-corrected chi connectivity index (χ4v) is 2.11. The molecule has 1 saturated heterocycles. The number of rotatable bonds is 2. The fourth-order valence-electron chi connectivity index (χ4n) is 2.11. The first-order valence-corrected chi connectivity index (χ1v) is 7.36. The first-order valence-electron chi connectivity index (χ1n) is 7.36. The summed E-state index contributed by atoms with van der Waals surface area (Å²) in [7, 11) is 0. The van der Waals surface area contributed by atoms with Gasteiger partial charge in [-0.15, -0.1) is 0 Å². The molecule has 1 aromatic rings. The lowest BCUT2D eigenvalue weighted by Gasteiger charge is -2.43. The molecule has 1 fully saturated rings. The molecule has 1 heterocycles. The van der Waals surface area contributed by atoms with Crippen molar-refractivity contribution in [3.63, 3.8) is 0 Å². The van der Waals surface area contributed by atoms with Crippen molar-refractivity contribution < 1.29 is 19.0 Å². The van der Waals surface area contributed by atoms with Crippen LogP contribution in [0.3, 0.4) is 0 Å². The van der Waals surface area contributed by atoms with Gasteiger partial charge in [-0.2, -0.15) is 0 Å². The molecule has 1 aliphatic rings. The van der Waals surface area contributed by atoms with Gasteiger partial charge >= 0.3 is 5.97 Å². The summed E-state index contributed by atoms with van der Waals surface area (Å²) in [6, 6.07) is 8.95. The molecule has 0 bridgehead atoms. The highest BCUT2D eigenvalue weighted by Crippen LogP contribution is 2.34. The Hall–Kier alpha value is -1.39. The molecule has 2 rings (SSSR count). The lowest BCUT2D eigenvalue weighted by atomic mass is 9.93. The second-order valence-corrected chi connectivity index (χ2v) is 6.67. The Bertz CT molecular complexity index is 477. The van der Waals surface area contributed by atoms with Gasteiger partial charge in [0.1, 0.15) is 0 Å². The monoisotopic (exact) mass is 292 g/mol. The summed E-state index contributed by atoms with van der Waals surface area (Å²) >= 11 is 0. The largest absolute Gasteiger partial charge is 0.432 e. The maximum Gasteiger partial charge on any atom is 0.340 e. The van der Waals surface area contributed by atoms with Crippen molar-refractivity contribution in [2.75, 3.05) is 0 Å². The third-order valence-electron chi connectivity index (χ3n) is 3.71. The van der Waals surface area contributed by atoms with Crippen molar-refractivity contribution in [1.82, 2.24) is 0 Å². The smallest absolute Gasteiger partial charge is 0.340 e. The van der Waals surface area contributed by atoms with Crippen molar-refractivity contribution in [2.45, 2.75) is 53.3 Å². The third kappa shape index (κ3) is 3.83. The first-order chi connectivity index (χ1) is 9.79. The maximum absolute atomic E-state index is 12.2. The summed E-state index contributed by atoms with van der Waals surface area (Å²) in [5.74, 6) is -0.384. The molecule has 0 amide bonds. The minimum Gasteiger partial charge on any atom is -0.432 e. The zero-order valence-electron chi connectivity index (χ0n) is 13.3. The summed E-state index contributed by atoms with van der Waals surface area (Å²) in [4.78, 5) is 12.2. The Labute approximate surface area is 126 Å². The summed E-state index contributed by atoms with van der Waals surface area (Å²) in [6.45, 7) is 10.1. The number of benzene rings is 1. The number of hydrogen-bond acceptors (Lipinski definition) is 4. The molecular weight excluding hydrogens is 268 g/mol. The van der Waals surface area contributed by atoms with Gasteiger partial charge in [0, 0.05) is 11.3 Å². The molecule has 116 valence electrons. The topological polar surface area (TPSA) is 44.8 Å². The first kappa shape index (κ1) is 16.0. The number of esters is 1. The lowest BCUT2D eigenvalue weighted by molar-refractivity contribution is -0.338. The normalized spacial score (nSPS) is 30.0. The third-order valence-corrected chi connectivity index (χ3v) is 3.71. The van der Waals surface area contributed by atoms with E-state index in [2.05, 4.69) is 0 Å². The van der Waals surface area contributed by atoms with Crippen molar-refractivity contribution in [3.8, 4) is 0 Å². The molecule has 1 aliphatic heterocycles. The van der Waals surface area contributed by atoms with E-state index >= 15 is 0 Å². The second kappa shape index (κ2) is 6.16. The minimum atomic E-state index is -0.592. The molecule has 1 aromatic carbocycles.